The van der Waals surface area contributed by atoms with Crippen molar-refractivity contribution in [3.8, 4) is 0 Å². The Morgan fingerprint density at radius 3 is 3.12 bits per heavy atom. The van der Waals surface area contributed by atoms with E-state index in [9.17, 15) is 0 Å². The third-order valence-electron chi connectivity index (χ3n) is 2.59. The molecule has 0 aliphatic carbocycles. The zero-order chi connectivity index (χ0) is 11.4. The van der Waals surface area contributed by atoms with Crippen LogP contribution in [-0.4, -0.2) is 9.55 Å². The van der Waals surface area contributed by atoms with E-state index in [0.29, 0.717) is 0 Å². The van der Waals surface area contributed by atoms with E-state index in [1.807, 2.05) is 12.4 Å². The topological polar surface area (TPSA) is 55.9 Å². The Labute approximate surface area is 99.1 Å². The van der Waals surface area contributed by atoms with Crippen molar-refractivity contribution in [1.82, 2.24) is 15.0 Å². The SMILES string of the molecule is CCn1ccnc1C(Cc1cccs1)NN. The van der Waals surface area contributed by atoms with Crippen LogP contribution < -0.4 is 11.3 Å². The van der Waals surface area contributed by atoms with Gasteiger partial charge in [-0.05, 0) is 18.4 Å². The predicted octanol–water partition coefficient (Wildman–Crippen LogP) is 1.71. The number of nitrogens with two attached hydrogens (primary N) is 1. The molecule has 0 radical (unpaired) electrons. The molecular formula is C11H16N4S. The Kier molecular flexibility index (Phi) is 3.71. The molecule has 0 aliphatic heterocycles. The molecule has 4 nitrogen and oxygen atoms in total. The van der Waals surface area contributed by atoms with Gasteiger partial charge in [0.2, 0.25) is 0 Å². The minimum Gasteiger partial charge on any atom is -0.334 e. The smallest absolute Gasteiger partial charge is 0.127 e. The summed E-state index contributed by atoms with van der Waals surface area (Å²) in [4.78, 5) is 5.68. The number of hydrogen-bond acceptors (Lipinski definition) is 4. The monoisotopic (exact) mass is 236 g/mol. The molecule has 5 heteroatoms. The molecule has 0 amide bonds. The number of rotatable bonds is 5. The van der Waals surface area contributed by atoms with E-state index in [1.54, 1.807) is 11.3 Å². The fourth-order valence-corrected chi connectivity index (χ4v) is 2.50. The molecule has 2 aromatic rings. The Hall–Kier alpha value is -1.17. The van der Waals surface area contributed by atoms with Crippen LogP contribution in [0.4, 0.5) is 0 Å². The molecule has 0 bridgehead atoms. The molecule has 16 heavy (non-hydrogen) atoms. The number of hydrazine groups is 1. The van der Waals surface area contributed by atoms with Crippen LogP contribution >= 0.6 is 11.3 Å². The van der Waals surface area contributed by atoms with Gasteiger partial charge in [0.15, 0.2) is 0 Å². The quantitative estimate of drug-likeness (QED) is 0.614. The zero-order valence-corrected chi connectivity index (χ0v) is 10.1. The molecule has 2 rings (SSSR count). The molecule has 86 valence electrons. The van der Waals surface area contributed by atoms with Gasteiger partial charge in [0, 0.05) is 30.2 Å². The highest BCUT2D eigenvalue weighted by molar-refractivity contribution is 7.09. The van der Waals surface area contributed by atoms with Gasteiger partial charge in [-0.15, -0.1) is 11.3 Å². The minimum atomic E-state index is 0.0774. The zero-order valence-electron chi connectivity index (χ0n) is 9.26. The van der Waals surface area contributed by atoms with Crippen LogP contribution in [0.1, 0.15) is 23.7 Å². The van der Waals surface area contributed by atoms with Gasteiger partial charge in [0.25, 0.3) is 0 Å². The summed E-state index contributed by atoms with van der Waals surface area (Å²) >= 11 is 1.74. The lowest BCUT2D eigenvalue weighted by molar-refractivity contribution is 0.499. The highest BCUT2D eigenvalue weighted by atomic mass is 32.1. The van der Waals surface area contributed by atoms with Gasteiger partial charge in [-0.1, -0.05) is 6.07 Å². The normalized spacial score (nSPS) is 12.9. The van der Waals surface area contributed by atoms with Crippen LogP contribution in [0.3, 0.4) is 0 Å². The average Bonchev–Trinajstić information content (AvgIpc) is 2.96. The van der Waals surface area contributed by atoms with Crippen LogP contribution in [0.15, 0.2) is 29.9 Å². The summed E-state index contributed by atoms with van der Waals surface area (Å²) in [5.41, 5.74) is 2.84. The van der Waals surface area contributed by atoms with Crippen LogP contribution in [0, 0.1) is 0 Å². The lowest BCUT2D eigenvalue weighted by Gasteiger charge is -2.15. The van der Waals surface area contributed by atoms with E-state index >= 15 is 0 Å². The maximum absolute atomic E-state index is 5.61. The molecule has 2 heterocycles. The van der Waals surface area contributed by atoms with Crippen LogP contribution in [0.5, 0.6) is 0 Å². The van der Waals surface area contributed by atoms with Crippen LogP contribution in [-0.2, 0) is 13.0 Å². The fraction of sp³-hybridized carbons (Fsp3) is 0.364. The number of imidazole rings is 1. The van der Waals surface area contributed by atoms with Crippen molar-refractivity contribution in [2.75, 3.05) is 0 Å². The number of nitrogens with one attached hydrogen (secondary N) is 1. The average molecular weight is 236 g/mol. The van der Waals surface area contributed by atoms with Crippen molar-refractivity contribution >= 4 is 11.3 Å². The van der Waals surface area contributed by atoms with Crippen molar-refractivity contribution in [3.63, 3.8) is 0 Å². The summed E-state index contributed by atoms with van der Waals surface area (Å²) in [5, 5.41) is 2.08. The second kappa shape index (κ2) is 5.25. The molecule has 0 spiro atoms. The number of hydrogen-bond donors (Lipinski definition) is 2. The van der Waals surface area contributed by atoms with Crippen molar-refractivity contribution in [3.05, 3.63) is 40.6 Å². The lowest BCUT2D eigenvalue weighted by atomic mass is 10.2. The number of aromatic nitrogens is 2. The van der Waals surface area contributed by atoms with Crippen LogP contribution in [0.2, 0.25) is 0 Å². The van der Waals surface area contributed by atoms with Crippen molar-refractivity contribution < 1.29 is 0 Å². The first kappa shape index (κ1) is 11.3. The van der Waals surface area contributed by atoms with E-state index in [4.69, 9.17) is 5.84 Å². The Balaban J connectivity index is 2.16. The predicted molar refractivity (Wildman–Crippen MR) is 66.0 cm³/mol. The first-order valence-corrected chi connectivity index (χ1v) is 6.22. The molecule has 2 aromatic heterocycles. The highest BCUT2D eigenvalue weighted by Gasteiger charge is 2.15. The maximum atomic E-state index is 5.61. The lowest BCUT2D eigenvalue weighted by Crippen LogP contribution is -2.31. The third kappa shape index (κ3) is 2.32. The van der Waals surface area contributed by atoms with Gasteiger partial charge in [0.05, 0.1) is 6.04 Å². The second-order valence-corrected chi connectivity index (χ2v) is 4.61. The van der Waals surface area contributed by atoms with Crippen molar-refractivity contribution in [1.29, 1.82) is 0 Å². The van der Waals surface area contributed by atoms with E-state index in [0.717, 1.165) is 18.8 Å². The summed E-state index contributed by atoms with van der Waals surface area (Å²) in [6, 6.07) is 4.25. The van der Waals surface area contributed by atoms with Gasteiger partial charge < -0.3 is 4.57 Å². The number of thiophene rings is 1. The Morgan fingerprint density at radius 2 is 2.50 bits per heavy atom. The van der Waals surface area contributed by atoms with E-state index in [-0.39, 0.29) is 6.04 Å². The summed E-state index contributed by atoms with van der Waals surface area (Å²) < 4.78 is 2.11. The van der Waals surface area contributed by atoms with Gasteiger partial charge >= 0.3 is 0 Å². The van der Waals surface area contributed by atoms with Gasteiger partial charge in [-0.3, -0.25) is 5.84 Å². The fourth-order valence-electron chi connectivity index (χ4n) is 1.75. The van der Waals surface area contributed by atoms with Gasteiger partial charge in [-0.2, -0.15) is 0 Å². The molecule has 0 aliphatic rings. The minimum absolute atomic E-state index is 0.0774. The van der Waals surface area contributed by atoms with Crippen molar-refractivity contribution in [2.24, 2.45) is 5.84 Å². The molecule has 1 atom stereocenters. The molecule has 1 unspecified atom stereocenters. The number of aryl methyl sites for hydroxylation is 1. The van der Waals surface area contributed by atoms with Gasteiger partial charge in [-0.25, -0.2) is 10.4 Å². The Morgan fingerprint density at radius 1 is 1.62 bits per heavy atom. The maximum Gasteiger partial charge on any atom is 0.127 e. The van der Waals surface area contributed by atoms with Crippen LogP contribution in [0.25, 0.3) is 0 Å². The molecule has 0 fully saturated rings. The molecule has 3 N–H and O–H groups in total. The summed E-state index contributed by atoms with van der Waals surface area (Å²) in [7, 11) is 0. The van der Waals surface area contributed by atoms with Crippen molar-refractivity contribution in [2.45, 2.75) is 25.9 Å². The standard InChI is InChI=1S/C11H16N4S/c1-2-15-6-5-13-11(15)10(14-12)8-9-4-3-7-16-9/h3-7,10,14H,2,8,12H2,1H3. The molecule has 0 saturated carbocycles. The van der Waals surface area contributed by atoms with E-state index < -0.39 is 0 Å². The summed E-state index contributed by atoms with van der Waals surface area (Å²) in [6.45, 7) is 3.02. The first-order chi connectivity index (χ1) is 7.85. The van der Waals surface area contributed by atoms with E-state index in [2.05, 4.69) is 39.4 Å². The third-order valence-corrected chi connectivity index (χ3v) is 3.49. The number of nitrogens with zero attached hydrogens (tertiary/aromatic N) is 2. The summed E-state index contributed by atoms with van der Waals surface area (Å²) in [6.07, 6.45) is 4.68. The molecule has 0 saturated heterocycles. The largest absolute Gasteiger partial charge is 0.334 e. The molecular weight excluding hydrogens is 220 g/mol. The highest BCUT2D eigenvalue weighted by Crippen LogP contribution is 2.19. The Bertz CT molecular complexity index is 421. The van der Waals surface area contributed by atoms with E-state index in [1.165, 1.54) is 4.88 Å². The molecule has 0 aromatic carbocycles. The summed E-state index contributed by atoms with van der Waals surface area (Å²) in [5.74, 6) is 6.60. The second-order valence-electron chi connectivity index (χ2n) is 3.57. The van der Waals surface area contributed by atoms with Gasteiger partial charge in [0.1, 0.15) is 5.82 Å². The first-order valence-electron chi connectivity index (χ1n) is 5.34.